The number of nitrogens with one attached hydrogen (secondary N) is 1. The maximum atomic E-state index is 3.70. The summed E-state index contributed by atoms with van der Waals surface area (Å²) in [4.78, 5) is 2.57. The minimum absolute atomic E-state index is 0.575. The van der Waals surface area contributed by atoms with Crippen LogP contribution in [-0.4, -0.2) is 25.2 Å². The fraction of sp³-hybridized carbons (Fsp3) is 0.625. The molecule has 18 heavy (non-hydrogen) atoms. The van der Waals surface area contributed by atoms with Crippen LogP contribution < -0.4 is 10.2 Å². The van der Waals surface area contributed by atoms with E-state index in [0.717, 1.165) is 19.0 Å². The highest BCUT2D eigenvalue weighted by atomic mass is 15.2. The first-order valence-corrected chi connectivity index (χ1v) is 7.19. The molecule has 100 valence electrons. The molecule has 1 N–H and O–H groups in total. The van der Waals surface area contributed by atoms with Crippen molar-refractivity contribution < 1.29 is 0 Å². The van der Waals surface area contributed by atoms with E-state index >= 15 is 0 Å². The van der Waals surface area contributed by atoms with E-state index in [1.165, 1.54) is 17.7 Å². The number of piperazine rings is 1. The van der Waals surface area contributed by atoms with Crippen molar-refractivity contribution in [3.05, 3.63) is 29.8 Å². The molecule has 1 aromatic carbocycles. The Kier molecular flexibility index (Phi) is 4.28. The van der Waals surface area contributed by atoms with Gasteiger partial charge in [-0.3, -0.25) is 0 Å². The van der Waals surface area contributed by atoms with E-state index < -0.39 is 0 Å². The number of hydrogen-bond donors (Lipinski definition) is 1. The Morgan fingerprint density at radius 2 is 2.11 bits per heavy atom. The molecule has 0 spiro atoms. The minimum atomic E-state index is 0.575. The molecule has 1 aliphatic rings. The lowest BCUT2D eigenvalue weighted by Crippen LogP contribution is -2.57. The Labute approximate surface area is 111 Å². The Morgan fingerprint density at radius 1 is 1.39 bits per heavy atom. The average Bonchev–Trinajstić information content (AvgIpc) is 2.39. The van der Waals surface area contributed by atoms with Crippen LogP contribution in [0.15, 0.2) is 24.3 Å². The van der Waals surface area contributed by atoms with Gasteiger partial charge in [-0.15, -0.1) is 0 Å². The van der Waals surface area contributed by atoms with Crippen LogP contribution in [-0.2, 0) is 0 Å². The van der Waals surface area contributed by atoms with Crippen molar-refractivity contribution in [2.24, 2.45) is 5.92 Å². The monoisotopic (exact) mass is 246 g/mol. The lowest BCUT2D eigenvalue weighted by molar-refractivity contribution is 0.315. The van der Waals surface area contributed by atoms with Crippen molar-refractivity contribution in [3.8, 4) is 0 Å². The zero-order chi connectivity index (χ0) is 13.1. The first-order chi connectivity index (χ1) is 8.63. The number of para-hydroxylation sites is 1. The molecule has 0 aromatic heterocycles. The molecular formula is C16H26N2. The van der Waals surface area contributed by atoms with Crippen LogP contribution in [0, 0.1) is 12.8 Å². The van der Waals surface area contributed by atoms with Gasteiger partial charge in [-0.05, 0) is 31.4 Å². The molecule has 0 bridgehead atoms. The lowest BCUT2D eigenvalue weighted by Gasteiger charge is -2.43. The van der Waals surface area contributed by atoms with Gasteiger partial charge < -0.3 is 10.2 Å². The zero-order valence-electron chi connectivity index (χ0n) is 12.1. The number of nitrogens with zero attached hydrogens (tertiary/aromatic N) is 1. The normalized spacial score (nSPS) is 26.1. The van der Waals surface area contributed by atoms with E-state index in [0.29, 0.717) is 12.1 Å². The molecular weight excluding hydrogens is 220 g/mol. The Morgan fingerprint density at radius 3 is 2.78 bits per heavy atom. The van der Waals surface area contributed by atoms with E-state index in [1.807, 2.05) is 0 Å². The van der Waals surface area contributed by atoms with Gasteiger partial charge in [0.2, 0.25) is 0 Å². The van der Waals surface area contributed by atoms with Gasteiger partial charge in [0, 0.05) is 30.9 Å². The third-order valence-corrected chi connectivity index (χ3v) is 4.36. The van der Waals surface area contributed by atoms with Crippen molar-refractivity contribution >= 4 is 5.69 Å². The molecule has 0 radical (unpaired) electrons. The number of benzene rings is 1. The summed E-state index contributed by atoms with van der Waals surface area (Å²) in [6, 6.07) is 9.93. The molecule has 1 heterocycles. The molecule has 2 rings (SSSR count). The van der Waals surface area contributed by atoms with Crippen molar-refractivity contribution in [1.82, 2.24) is 5.32 Å². The van der Waals surface area contributed by atoms with E-state index in [2.05, 4.69) is 62.2 Å². The summed E-state index contributed by atoms with van der Waals surface area (Å²) >= 11 is 0. The third kappa shape index (κ3) is 2.69. The fourth-order valence-electron chi connectivity index (χ4n) is 2.78. The van der Waals surface area contributed by atoms with Gasteiger partial charge in [0.25, 0.3) is 0 Å². The Balaban J connectivity index is 2.18. The fourth-order valence-corrected chi connectivity index (χ4v) is 2.78. The van der Waals surface area contributed by atoms with Crippen LogP contribution in [0.25, 0.3) is 0 Å². The van der Waals surface area contributed by atoms with Gasteiger partial charge in [-0.25, -0.2) is 0 Å². The topological polar surface area (TPSA) is 15.3 Å². The van der Waals surface area contributed by atoms with E-state index in [1.54, 1.807) is 0 Å². The van der Waals surface area contributed by atoms with E-state index in [4.69, 9.17) is 0 Å². The summed E-state index contributed by atoms with van der Waals surface area (Å²) in [5.74, 6) is 0.740. The minimum Gasteiger partial charge on any atom is -0.366 e. The highest BCUT2D eigenvalue weighted by Gasteiger charge is 2.28. The van der Waals surface area contributed by atoms with Crippen molar-refractivity contribution in [2.45, 2.75) is 46.2 Å². The number of aryl methyl sites for hydroxylation is 1. The predicted octanol–water partition coefficient (Wildman–Crippen LogP) is 3.21. The van der Waals surface area contributed by atoms with Crippen LogP contribution in [0.1, 0.15) is 32.8 Å². The average molecular weight is 246 g/mol. The molecule has 2 nitrogen and oxygen atoms in total. The third-order valence-electron chi connectivity index (χ3n) is 4.36. The standard InChI is InChI=1S/C16H26N2/c1-5-12(2)15-11-18(14(4)10-17-15)16-9-7-6-8-13(16)3/h6-9,12,14-15,17H,5,10-11H2,1-4H3. The molecule has 1 fully saturated rings. The second-order valence-electron chi connectivity index (χ2n) is 5.69. The Bertz CT molecular complexity index is 388. The summed E-state index contributed by atoms with van der Waals surface area (Å²) in [6.45, 7) is 11.4. The van der Waals surface area contributed by atoms with Crippen LogP contribution in [0.5, 0.6) is 0 Å². The van der Waals surface area contributed by atoms with Crippen LogP contribution >= 0.6 is 0 Å². The summed E-state index contributed by atoms with van der Waals surface area (Å²) in [6.07, 6.45) is 1.24. The SMILES string of the molecule is CCC(C)C1CN(c2ccccc2C)C(C)CN1. The van der Waals surface area contributed by atoms with Crippen molar-refractivity contribution in [2.75, 3.05) is 18.0 Å². The number of hydrogen-bond acceptors (Lipinski definition) is 2. The van der Waals surface area contributed by atoms with E-state index in [9.17, 15) is 0 Å². The zero-order valence-corrected chi connectivity index (χ0v) is 12.1. The van der Waals surface area contributed by atoms with Crippen LogP contribution in [0.3, 0.4) is 0 Å². The second-order valence-corrected chi connectivity index (χ2v) is 5.69. The second kappa shape index (κ2) is 5.75. The molecule has 3 atom stereocenters. The highest BCUT2D eigenvalue weighted by Crippen LogP contribution is 2.25. The number of anilines is 1. The molecule has 2 heteroatoms. The smallest absolute Gasteiger partial charge is 0.0399 e. The van der Waals surface area contributed by atoms with Gasteiger partial charge in [-0.1, -0.05) is 38.5 Å². The molecule has 0 amide bonds. The molecule has 3 unspecified atom stereocenters. The largest absolute Gasteiger partial charge is 0.366 e. The van der Waals surface area contributed by atoms with Crippen LogP contribution in [0.2, 0.25) is 0 Å². The van der Waals surface area contributed by atoms with Crippen molar-refractivity contribution in [1.29, 1.82) is 0 Å². The predicted molar refractivity (Wildman–Crippen MR) is 79.2 cm³/mol. The first kappa shape index (κ1) is 13.4. The first-order valence-electron chi connectivity index (χ1n) is 7.19. The van der Waals surface area contributed by atoms with Gasteiger partial charge >= 0.3 is 0 Å². The highest BCUT2D eigenvalue weighted by molar-refractivity contribution is 5.54. The number of rotatable bonds is 3. The molecule has 0 saturated carbocycles. The lowest BCUT2D eigenvalue weighted by atomic mass is 9.95. The molecule has 1 saturated heterocycles. The van der Waals surface area contributed by atoms with Crippen LogP contribution in [0.4, 0.5) is 5.69 Å². The maximum Gasteiger partial charge on any atom is 0.0399 e. The maximum absolute atomic E-state index is 3.70. The van der Waals surface area contributed by atoms with Gasteiger partial charge in [0.1, 0.15) is 0 Å². The summed E-state index contributed by atoms with van der Waals surface area (Å²) < 4.78 is 0. The summed E-state index contributed by atoms with van der Waals surface area (Å²) in [5.41, 5.74) is 2.79. The van der Waals surface area contributed by atoms with Crippen molar-refractivity contribution in [3.63, 3.8) is 0 Å². The molecule has 1 aromatic rings. The van der Waals surface area contributed by atoms with E-state index in [-0.39, 0.29) is 0 Å². The molecule has 1 aliphatic heterocycles. The summed E-state index contributed by atoms with van der Waals surface area (Å²) in [5, 5.41) is 3.70. The quantitative estimate of drug-likeness (QED) is 0.881. The Hall–Kier alpha value is -1.02. The summed E-state index contributed by atoms with van der Waals surface area (Å²) in [7, 11) is 0. The van der Waals surface area contributed by atoms with Gasteiger partial charge in [-0.2, -0.15) is 0 Å². The van der Waals surface area contributed by atoms with Gasteiger partial charge in [0.15, 0.2) is 0 Å². The van der Waals surface area contributed by atoms with Gasteiger partial charge in [0.05, 0.1) is 0 Å². The molecule has 0 aliphatic carbocycles.